The molecule has 2 atom stereocenters. The lowest BCUT2D eigenvalue weighted by Crippen LogP contribution is -2.53. The molecule has 2 unspecified atom stereocenters. The van der Waals surface area contributed by atoms with E-state index < -0.39 is 12.0 Å². The molecule has 16 heavy (non-hydrogen) atoms. The Labute approximate surface area is 99.6 Å². The molecular formula is C10H18N2O3S. The van der Waals surface area contributed by atoms with Gasteiger partial charge in [-0.2, -0.15) is 11.8 Å². The van der Waals surface area contributed by atoms with Crippen molar-refractivity contribution in [3.05, 3.63) is 0 Å². The zero-order valence-corrected chi connectivity index (χ0v) is 10.4. The van der Waals surface area contributed by atoms with Crippen LogP contribution in [0.2, 0.25) is 0 Å². The minimum Gasteiger partial charge on any atom is -0.480 e. The van der Waals surface area contributed by atoms with Crippen LogP contribution in [-0.4, -0.2) is 59.1 Å². The fourth-order valence-electron chi connectivity index (χ4n) is 1.74. The van der Waals surface area contributed by atoms with Crippen molar-refractivity contribution in [3.63, 3.8) is 0 Å². The summed E-state index contributed by atoms with van der Waals surface area (Å²) in [5.74, 6) is 0.659. The number of rotatable bonds is 4. The molecule has 5 nitrogen and oxygen atoms in total. The number of hydrogen-bond acceptors (Lipinski definition) is 4. The van der Waals surface area contributed by atoms with Gasteiger partial charge in [0, 0.05) is 25.1 Å². The molecule has 6 heteroatoms. The van der Waals surface area contributed by atoms with E-state index in [1.807, 2.05) is 0 Å². The van der Waals surface area contributed by atoms with E-state index in [1.165, 1.54) is 4.90 Å². The van der Waals surface area contributed by atoms with E-state index in [-0.39, 0.29) is 11.9 Å². The van der Waals surface area contributed by atoms with Gasteiger partial charge in [0.15, 0.2) is 0 Å². The van der Waals surface area contributed by atoms with Gasteiger partial charge in [0.1, 0.15) is 6.04 Å². The van der Waals surface area contributed by atoms with Gasteiger partial charge in [0.2, 0.25) is 5.91 Å². The van der Waals surface area contributed by atoms with E-state index in [4.69, 9.17) is 5.11 Å². The van der Waals surface area contributed by atoms with E-state index in [0.717, 1.165) is 18.1 Å². The summed E-state index contributed by atoms with van der Waals surface area (Å²) in [5, 5.41) is 12.1. The number of nitrogens with zero attached hydrogens (tertiary/aromatic N) is 1. The number of hydrogen-bond donors (Lipinski definition) is 2. The van der Waals surface area contributed by atoms with Crippen LogP contribution in [0, 0.1) is 0 Å². The van der Waals surface area contributed by atoms with Gasteiger partial charge in [-0.1, -0.05) is 6.92 Å². The number of carbonyl (C=O) groups is 2. The highest BCUT2D eigenvalue weighted by molar-refractivity contribution is 7.99. The summed E-state index contributed by atoms with van der Waals surface area (Å²) in [6.45, 7) is 2.57. The third-order valence-electron chi connectivity index (χ3n) is 2.71. The molecule has 0 aromatic heterocycles. The molecule has 92 valence electrons. The number of carboxylic acid groups (broad SMARTS) is 1. The minimum atomic E-state index is -0.943. The second-order valence-electron chi connectivity index (χ2n) is 3.79. The smallest absolute Gasteiger partial charge is 0.326 e. The summed E-state index contributed by atoms with van der Waals surface area (Å²) >= 11 is 1.72. The second kappa shape index (κ2) is 6.10. The Morgan fingerprint density at radius 3 is 2.75 bits per heavy atom. The van der Waals surface area contributed by atoms with Crippen molar-refractivity contribution in [2.75, 3.05) is 25.1 Å². The van der Waals surface area contributed by atoms with Crippen LogP contribution in [0.5, 0.6) is 0 Å². The minimum absolute atomic E-state index is 0.124. The molecule has 0 bridgehead atoms. The van der Waals surface area contributed by atoms with Crippen LogP contribution in [-0.2, 0) is 9.59 Å². The molecule has 0 aromatic rings. The molecule has 1 aliphatic rings. The maximum absolute atomic E-state index is 12.0. The van der Waals surface area contributed by atoms with E-state index >= 15 is 0 Å². The Hall–Kier alpha value is -0.750. The van der Waals surface area contributed by atoms with Crippen LogP contribution >= 0.6 is 11.8 Å². The zero-order chi connectivity index (χ0) is 12.1. The molecule has 1 aliphatic heterocycles. The van der Waals surface area contributed by atoms with E-state index in [2.05, 4.69) is 5.32 Å². The lowest BCUT2D eigenvalue weighted by atomic mass is 10.1. The number of thioether (sulfide) groups is 1. The molecule has 1 saturated heterocycles. The monoisotopic (exact) mass is 246 g/mol. The SMILES string of the molecule is CCC(C(=O)O)N(C)C(=O)C1CSCCN1. The largest absolute Gasteiger partial charge is 0.480 e. The molecule has 1 heterocycles. The summed E-state index contributed by atoms with van der Waals surface area (Å²) in [7, 11) is 1.56. The lowest BCUT2D eigenvalue weighted by Gasteiger charge is -2.30. The van der Waals surface area contributed by atoms with Gasteiger partial charge in [-0.15, -0.1) is 0 Å². The van der Waals surface area contributed by atoms with Gasteiger partial charge in [-0.25, -0.2) is 4.79 Å². The van der Waals surface area contributed by atoms with Gasteiger partial charge in [-0.3, -0.25) is 4.79 Å². The third kappa shape index (κ3) is 3.12. The van der Waals surface area contributed by atoms with Gasteiger partial charge < -0.3 is 15.3 Å². The summed E-state index contributed by atoms with van der Waals surface area (Å²) < 4.78 is 0. The molecule has 0 radical (unpaired) electrons. The van der Waals surface area contributed by atoms with Crippen LogP contribution in [0.4, 0.5) is 0 Å². The van der Waals surface area contributed by atoms with Crippen LogP contribution in [0.25, 0.3) is 0 Å². The lowest BCUT2D eigenvalue weighted by molar-refractivity contribution is -0.149. The van der Waals surface area contributed by atoms with Crippen molar-refractivity contribution in [1.29, 1.82) is 0 Å². The molecule has 0 spiro atoms. The highest BCUT2D eigenvalue weighted by atomic mass is 32.2. The van der Waals surface area contributed by atoms with E-state index in [0.29, 0.717) is 6.42 Å². The number of nitrogens with one attached hydrogen (secondary N) is 1. The molecule has 0 saturated carbocycles. The molecule has 1 amide bonds. The predicted molar refractivity (Wildman–Crippen MR) is 63.6 cm³/mol. The van der Waals surface area contributed by atoms with Crippen molar-refractivity contribution in [1.82, 2.24) is 10.2 Å². The third-order valence-corrected chi connectivity index (χ3v) is 3.77. The van der Waals surface area contributed by atoms with E-state index in [1.54, 1.807) is 25.7 Å². The van der Waals surface area contributed by atoms with Gasteiger partial charge in [0.25, 0.3) is 0 Å². The normalized spacial score (nSPS) is 22.5. The average Bonchev–Trinajstić information content (AvgIpc) is 2.29. The van der Waals surface area contributed by atoms with Crippen molar-refractivity contribution in [2.45, 2.75) is 25.4 Å². The van der Waals surface area contributed by atoms with Crippen LogP contribution in [0.3, 0.4) is 0 Å². The van der Waals surface area contributed by atoms with Crippen molar-refractivity contribution >= 4 is 23.6 Å². The van der Waals surface area contributed by atoms with Gasteiger partial charge in [-0.05, 0) is 6.42 Å². The van der Waals surface area contributed by atoms with Crippen LogP contribution in [0.15, 0.2) is 0 Å². The first-order chi connectivity index (χ1) is 7.57. The van der Waals surface area contributed by atoms with Crippen molar-refractivity contribution in [3.8, 4) is 0 Å². The molecule has 0 aromatic carbocycles. The highest BCUT2D eigenvalue weighted by Gasteiger charge is 2.30. The predicted octanol–water partition coefficient (Wildman–Crippen LogP) is 0.0130. The highest BCUT2D eigenvalue weighted by Crippen LogP contribution is 2.12. The van der Waals surface area contributed by atoms with Crippen LogP contribution < -0.4 is 5.32 Å². The second-order valence-corrected chi connectivity index (χ2v) is 4.94. The Kier molecular flexibility index (Phi) is 5.08. The van der Waals surface area contributed by atoms with Crippen LogP contribution in [0.1, 0.15) is 13.3 Å². The Morgan fingerprint density at radius 1 is 1.62 bits per heavy atom. The molecule has 2 N–H and O–H groups in total. The van der Waals surface area contributed by atoms with Gasteiger partial charge >= 0.3 is 5.97 Å². The Bertz CT molecular complexity index is 267. The first-order valence-electron chi connectivity index (χ1n) is 5.38. The molecule has 0 aliphatic carbocycles. The standard InChI is InChI=1S/C10H18N2O3S/c1-3-8(10(14)15)12(2)9(13)7-6-16-5-4-11-7/h7-8,11H,3-6H2,1-2H3,(H,14,15). The topological polar surface area (TPSA) is 69.6 Å². The molecule has 1 rings (SSSR count). The maximum atomic E-state index is 12.0. The van der Waals surface area contributed by atoms with Crippen molar-refractivity contribution < 1.29 is 14.7 Å². The van der Waals surface area contributed by atoms with E-state index in [9.17, 15) is 9.59 Å². The number of aliphatic carboxylic acids is 1. The number of likely N-dealkylation sites (N-methyl/N-ethyl adjacent to an activating group) is 1. The van der Waals surface area contributed by atoms with Crippen molar-refractivity contribution in [2.24, 2.45) is 0 Å². The first kappa shape index (κ1) is 13.3. The summed E-state index contributed by atoms with van der Waals surface area (Å²) in [4.78, 5) is 24.3. The number of carbonyl (C=O) groups excluding carboxylic acids is 1. The summed E-state index contributed by atoms with van der Waals surface area (Å²) in [6.07, 6.45) is 0.428. The molecule has 1 fully saturated rings. The Balaban J connectivity index is 2.60. The average molecular weight is 246 g/mol. The first-order valence-corrected chi connectivity index (χ1v) is 6.54. The van der Waals surface area contributed by atoms with Gasteiger partial charge in [0.05, 0.1) is 6.04 Å². The number of carboxylic acids is 1. The zero-order valence-electron chi connectivity index (χ0n) is 9.60. The Morgan fingerprint density at radius 2 is 2.31 bits per heavy atom. The fourth-order valence-corrected chi connectivity index (χ4v) is 2.66. The summed E-state index contributed by atoms with van der Waals surface area (Å²) in [5.41, 5.74) is 0. The quantitative estimate of drug-likeness (QED) is 0.731. The fraction of sp³-hybridized carbons (Fsp3) is 0.800. The maximum Gasteiger partial charge on any atom is 0.326 e. The molecular weight excluding hydrogens is 228 g/mol. The summed E-state index contributed by atoms with van der Waals surface area (Å²) in [6, 6.07) is -0.960. The number of amides is 1.